The first-order chi connectivity index (χ1) is 12.1. The van der Waals surface area contributed by atoms with E-state index in [1.807, 2.05) is 6.92 Å². The van der Waals surface area contributed by atoms with E-state index in [4.69, 9.17) is 4.74 Å². The highest BCUT2D eigenvalue weighted by Gasteiger charge is 2.37. The Balaban J connectivity index is 2.05. The standard InChI is InChI=1S/C17H26N4O3S/c1-4-7-11-9-10(6-3)15(24-11)21-13-12(25-17(21)23)14(22)20-16(19-13)18-8-5-2/h10-11,15H,4-9H2,1-3H3,(H2,18,19,20,22). The number of nitrogens with one attached hydrogen (secondary N) is 2. The Labute approximate surface area is 150 Å². The van der Waals surface area contributed by atoms with Crippen LogP contribution >= 0.6 is 11.3 Å². The molecule has 0 aromatic carbocycles. The van der Waals surface area contributed by atoms with Crippen molar-refractivity contribution in [3.05, 3.63) is 20.0 Å². The number of hydrogen-bond acceptors (Lipinski definition) is 6. The van der Waals surface area contributed by atoms with Crippen LogP contribution in [-0.2, 0) is 4.74 Å². The number of ether oxygens (including phenoxy) is 1. The van der Waals surface area contributed by atoms with Crippen molar-refractivity contribution >= 4 is 27.6 Å². The first-order valence-corrected chi connectivity index (χ1v) is 9.95. The zero-order chi connectivity index (χ0) is 18.0. The minimum Gasteiger partial charge on any atom is -0.356 e. The number of thiazole rings is 1. The number of hydrogen-bond donors (Lipinski definition) is 2. The third kappa shape index (κ3) is 3.50. The van der Waals surface area contributed by atoms with Crippen LogP contribution in [0.4, 0.5) is 5.95 Å². The van der Waals surface area contributed by atoms with Crippen molar-refractivity contribution < 1.29 is 4.74 Å². The van der Waals surface area contributed by atoms with Crippen LogP contribution in [-0.4, -0.2) is 27.2 Å². The number of aromatic nitrogens is 3. The maximum atomic E-state index is 12.6. The summed E-state index contributed by atoms with van der Waals surface area (Å²) in [5.41, 5.74) is 0.151. The topological polar surface area (TPSA) is 89.0 Å². The van der Waals surface area contributed by atoms with Crippen molar-refractivity contribution in [3.63, 3.8) is 0 Å². The molecule has 3 atom stereocenters. The van der Waals surface area contributed by atoms with Crippen LogP contribution in [0.2, 0.25) is 0 Å². The van der Waals surface area contributed by atoms with E-state index in [1.54, 1.807) is 4.57 Å². The molecular formula is C17H26N4O3S. The molecule has 1 saturated heterocycles. The summed E-state index contributed by atoms with van der Waals surface area (Å²) in [6.07, 6.45) is 4.66. The molecular weight excluding hydrogens is 340 g/mol. The molecule has 1 aliphatic rings. The average molecular weight is 366 g/mol. The van der Waals surface area contributed by atoms with Gasteiger partial charge in [-0.1, -0.05) is 38.5 Å². The molecule has 7 nitrogen and oxygen atoms in total. The van der Waals surface area contributed by atoms with Crippen LogP contribution in [0.1, 0.15) is 59.1 Å². The van der Waals surface area contributed by atoms with E-state index in [2.05, 4.69) is 29.1 Å². The number of nitrogens with zero attached hydrogens (tertiary/aromatic N) is 2. The summed E-state index contributed by atoms with van der Waals surface area (Å²) in [6, 6.07) is 0. The minimum absolute atomic E-state index is 0.168. The summed E-state index contributed by atoms with van der Waals surface area (Å²) in [5.74, 6) is 0.669. The first-order valence-electron chi connectivity index (χ1n) is 9.13. The van der Waals surface area contributed by atoms with Gasteiger partial charge in [0.2, 0.25) is 5.95 Å². The second-order valence-corrected chi connectivity index (χ2v) is 7.53. The molecule has 0 spiro atoms. The van der Waals surface area contributed by atoms with Gasteiger partial charge in [-0.2, -0.15) is 4.98 Å². The lowest BCUT2D eigenvalue weighted by molar-refractivity contribution is -0.0148. The molecule has 138 valence electrons. The van der Waals surface area contributed by atoms with Gasteiger partial charge in [0.1, 0.15) is 10.9 Å². The average Bonchev–Trinajstić information content (AvgIpc) is 3.13. The van der Waals surface area contributed by atoms with Crippen molar-refractivity contribution in [2.45, 2.75) is 65.2 Å². The second kappa shape index (κ2) is 7.70. The van der Waals surface area contributed by atoms with Crippen LogP contribution in [0.25, 0.3) is 10.3 Å². The Morgan fingerprint density at radius 1 is 1.32 bits per heavy atom. The fourth-order valence-electron chi connectivity index (χ4n) is 3.45. The van der Waals surface area contributed by atoms with Gasteiger partial charge in [-0.3, -0.25) is 19.1 Å². The molecule has 1 fully saturated rings. The molecule has 3 rings (SSSR count). The molecule has 2 N–H and O–H groups in total. The molecule has 25 heavy (non-hydrogen) atoms. The van der Waals surface area contributed by atoms with Gasteiger partial charge < -0.3 is 10.1 Å². The molecule has 2 aromatic rings. The summed E-state index contributed by atoms with van der Waals surface area (Å²) in [5, 5.41) is 3.09. The molecule has 2 aromatic heterocycles. The van der Waals surface area contributed by atoms with E-state index in [9.17, 15) is 9.59 Å². The quantitative estimate of drug-likeness (QED) is 0.786. The molecule has 0 saturated carbocycles. The van der Waals surface area contributed by atoms with Gasteiger partial charge in [0, 0.05) is 12.5 Å². The second-order valence-electron chi connectivity index (χ2n) is 6.57. The Morgan fingerprint density at radius 2 is 2.12 bits per heavy atom. The lowest BCUT2D eigenvalue weighted by atomic mass is 9.98. The van der Waals surface area contributed by atoms with Gasteiger partial charge in [-0.05, 0) is 25.7 Å². The van der Waals surface area contributed by atoms with Crippen LogP contribution in [0, 0.1) is 5.92 Å². The molecule has 0 aliphatic carbocycles. The van der Waals surface area contributed by atoms with Gasteiger partial charge in [0.15, 0.2) is 5.65 Å². The summed E-state index contributed by atoms with van der Waals surface area (Å²) in [7, 11) is 0. The van der Waals surface area contributed by atoms with Gasteiger partial charge >= 0.3 is 4.87 Å². The molecule has 3 heterocycles. The molecule has 3 unspecified atom stereocenters. The van der Waals surface area contributed by atoms with Crippen molar-refractivity contribution in [1.82, 2.24) is 14.5 Å². The van der Waals surface area contributed by atoms with Gasteiger partial charge in [-0.25, -0.2) is 0 Å². The number of fused-ring (bicyclic) bond motifs is 1. The van der Waals surface area contributed by atoms with Crippen LogP contribution in [0.15, 0.2) is 9.59 Å². The normalized spacial score (nSPS) is 23.4. The van der Waals surface area contributed by atoms with E-state index in [1.165, 1.54) is 0 Å². The zero-order valence-corrected chi connectivity index (χ0v) is 15.8. The molecule has 0 bridgehead atoms. The van der Waals surface area contributed by atoms with E-state index in [0.29, 0.717) is 22.8 Å². The zero-order valence-electron chi connectivity index (χ0n) is 15.0. The Morgan fingerprint density at radius 3 is 2.80 bits per heavy atom. The fourth-order valence-corrected chi connectivity index (χ4v) is 4.29. The first kappa shape index (κ1) is 18.1. The van der Waals surface area contributed by atoms with E-state index >= 15 is 0 Å². The Kier molecular flexibility index (Phi) is 5.58. The summed E-state index contributed by atoms with van der Waals surface area (Å²) >= 11 is 0.945. The number of rotatable bonds is 7. The summed E-state index contributed by atoms with van der Waals surface area (Å²) in [6.45, 7) is 7.00. The number of H-pyrrole nitrogens is 1. The lowest BCUT2D eigenvalue weighted by Gasteiger charge is -2.18. The largest absolute Gasteiger partial charge is 0.356 e. The summed E-state index contributed by atoms with van der Waals surface area (Å²) < 4.78 is 8.16. The van der Waals surface area contributed by atoms with E-state index < -0.39 is 0 Å². The highest BCUT2D eigenvalue weighted by molar-refractivity contribution is 7.16. The molecule has 1 aliphatic heterocycles. The van der Waals surface area contributed by atoms with E-state index in [0.717, 1.165) is 43.4 Å². The predicted molar refractivity (Wildman–Crippen MR) is 100 cm³/mol. The van der Waals surface area contributed by atoms with Crippen LogP contribution in [0.5, 0.6) is 0 Å². The smallest absolute Gasteiger partial charge is 0.311 e. The van der Waals surface area contributed by atoms with E-state index in [-0.39, 0.29) is 28.7 Å². The van der Waals surface area contributed by atoms with Gasteiger partial charge in [-0.15, -0.1) is 0 Å². The Bertz CT molecular complexity index is 841. The van der Waals surface area contributed by atoms with Crippen molar-refractivity contribution in [1.29, 1.82) is 0 Å². The van der Waals surface area contributed by atoms with Gasteiger partial charge in [0.25, 0.3) is 5.56 Å². The van der Waals surface area contributed by atoms with Crippen molar-refractivity contribution in [2.75, 3.05) is 11.9 Å². The van der Waals surface area contributed by atoms with Gasteiger partial charge in [0.05, 0.1) is 6.10 Å². The van der Waals surface area contributed by atoms with Crippen LogP contribution < -0.4 is 15.7 Å². The Hall–Kier alpha value is -1.67. The fraction of sp³-hybridized carbons (Fsp3) is 0.706. The van der Waals surface area contributed by atoms with Crippen molar-refractivity contribution in [2.24, 2.45) is 5.92 Å². The minimum atomic E-state index is -0.337. The third-order valence-electron chi connectivity index (χ3n) is 4.71. The van der Waals surface area contributed by atoms with Crippen LogP contribution in [0.3, 0.4) is 0 Å². The highest BCUT2D eigenvalue weighted by Crippen LogP contribution is 2.38. The highest BCUT2D eigenvalue weighted by atomic mass is 32.1. The predicted octanol–water partition coefficient (Wildman–Crippen LogP) is 3.08. The number of anilines is 1. The SMILES string of the molecule is CCCNc1nc2c(sc(=O)n2C2OC(CCC)CC2CC)c(=O)[nH]1. The maximum Gasteiger partial charge on any atom is 0.311 e. The third-order valence-corrected chi connectivity index (χ3v) is 5.65. The lowest BCUT2D eigenvalue weighted by Crippen LogP contribution is -2.25. The van der Waals surface area contributed by atoms with Crippen molar-refractivity contribution in [3.8, 4) is 0 Å². The molecule has 0 radical (unpaired) electrons. The maximum absolute atomic E-state index is 12.6. The summed E-state index contributed by atoms with van der Waals surface area (Å²) in [4.78, 5) is 32.0. The number of aromatic amines is 1. The monoisotopic (exact) mass is 366 g/mol. The molecule has 8 heteroatoms. The molecule has 0 amide bonds.